The molecule has 0 saturated carbocycles. The van der Waals surface area contributed by atoms with Gasteiger partial charge >= 0.3 is 0 Å². The van der Waals surface area contributed by atoms with Crippen molar-refractivity contribution in [3.63, 3.8) is 0 Å². The van der Waals surface area contributed by atoms with Gasteiger partial charge in [-0.25, -0.2) is 0 Å². The van der Waals surface area contributed by atoms with E-state index in [4.69, 9.17) is 0 Å². The third-order valence-corrected chi connectivity index (χ3v) is 5.74. The predicted molar refractivity (Wildman–Crippen MR) is 126 cm³/mol. The topological polar surface area (TPSA) is 12.0 Å². The van der Waals surface area contributed by atoms with E-state index in [1.165, 1.54) is 43.1 Å². The van der Waals surface area contributed by atoms with Crippen molar-refractivity contribution >= 4 is 54.5 Å². The Morgan fingerprint density at radius 3 is 1.69 bits per heavy atom. The number of anilines is 2. The first-order valence-corrected chi connectivity index (χ1v) is 9.95. The second-order valence-corrected chi connectivity index (χ2v) is 7.61. The van der Waals surface area contributed by atoms with E-state index in [9.17, 15) is 0 Å². The van der Waals surface area contributed by atoms with E-state index in [2.05, 4.69) is 115 Å². The van der Waals surface area contributed by atoms with Crippen LogP contribution in [0.2, 0.25) is 0 Å². The molecule has 0 aliphatic heterocycles. The number of rotatable bonds is 2. The van der Waals surface area contributed by atoms with Crippen LogP contribution < -0.4 is 5.32 Å². The minimum atomic E-state index is 1.10. The Labute approximate surface area is 169 Å². The maximum Gasteiger partial charge on any atom is 0.0390 e. The first kappa shape index (κ1) is 16.1. The standard InChI is InChI=1S/C28H19N/c1-2-7-21-16-24-18-25(12-11-22(24)15-20(21)6-1)29-26-13-14-28-23(17-26)10-9-19-5-3-4-8-27(19)28/h1-18,29H. The van der Waals surface area contributed by atoms with Crippen molar-refractivity contribution in [1.29, 1.82) is 0 Å². The number of hydrogen-bond acceptors (Lipinski definition) is 1. The summed E-state index contributed by atoms with van der Waals surface area (Å²) < 4.78 is 0. The average Bonchev–Trinajstić information content (AvgIpc) is 2.77. The minimum absolute atomic E-state index is 1.10. The molecule has 0 atom stereocenters. The fourth-order valence-corrected chi connectivity index (χ4v) is 4.28. The summed E-state index contributed by atoms with van der Waals surface area (Å²) in [5, 5.41) is 13.8. The summed E-state index contributed by atoms with van der Waals surface area (Å²) in [5.74, 6) is 0. The smallest absolute Gasteiger partial charge is 0.0390 e. The second-order valence-electron chi connectivity index (χ2n) is 7.61. The van der Waals surface area contributed by atoms with Gasteiger partial charge < -0.3 is 5.32 Å². The van der Waals surface area contributed by atoms with E-state index in [1.807, 2.05) is 0 Å². The molecule has 6 aromatic rings. The van der Waals surface area contributed by atoms with Crippen LogP contribution in [0.15, 0.2) is 109 Å². The zero-order valence-corrected chi connectivity index (χ0v) is 15.9. The summed E-state index contributed by atoms with van der Waals surface area (Å²) in [4.78, 5) is 0. The van der Waals surface area contributed by atoms with Gasteiger partial charge in [0.2, 0.25) is 0 Å². The number of hydrogen-bond donors (Lipinski definition) is 1. The number of nitrogens with one attached hydrogen (secondary N) is 1. The van der Waals surface area contributed by atoms with Gasteiger partial charge in [0, 0.05) is 11.4 Å². The van der Waals surface area contributed by atoms with Crippen LogP contribution in [0.25, 0.3) is 43.1 Å². The molecule has 1 heteroatoms. The first-order chi connectivity index (χ1) is 14.3. The Morgan fingerprint density at radius 2 is 0.862 bits per heavy atom. The quantitative estimate of drug-likeness (QED) is 0.240. The van der Waals surface area contributed by atoms with E-state index in [-0.39, 0.29) is 0 Å². The van der Waals surface area contributed by atoms with Gasteiger partial charge in [-0.3, -0.25) is 0 Å². The van der Waals surface area contributed by atoms with Crippen LogP contribution >= 0.6 is 0 Å². The van der Waals surface area contributed by atoms with E-state index in [0.717, 1.165) is 11.4 Å². The van der Waals surface area contributed by atoms with Crippen LogP contribution in [0.3, 0.4) is 0 Å². The highest BCUT2D eigenvalue weighted by atomic mass is 14.9. The molecule has 0 heterocycles. The maximum atomic E-state index is 3.58. The van der Waals surface area contributed by atoms with Gasteiger partial charge in [0.1, 0.15) is 0 Å². The number of benzene rings is 6. The van der Waals surface area contributed by atoms with Gasteiger partial charge in [0.05, 0.1) is 0 Å². The minimum Gasteiger partial charge on any atom is -0.355 e. The summed E-state index contributed by atoms with van der Waals surface area (Å²) in [5.41, 5.74) is 2.21. The highest BCUT2D eigenvalue weighted by Crippen LogP contribution is 2.30. The summed E-state index contributed by atoms with van der Waals surface area (Å²) in [6, 6.07) is 39.2. The van der Waals surface area contributed by atoms with Gasteiger partial charge in [-0.05, 0) is 79.5 Å². The largest absolute Gasteiger partial charge is 0.355 e. The monoisotopic (exact) mass is 369 g/mol. The third-order valence-electron chi connectivity index (χ3n) is 5.74. The molecule has 0 spiro atoms. The summed E-state index contributed by atoms with van der Waals surface area (Å²) in [6.45, 7) is 0. The Bertz CT molecular complexity index is 1510. The lowest BCUT2D eigenvalue weighted by molar-refractivity contribution is 1.59. The van der Waals surface area contributed by atoms with Crippen LogP contribution in [-0.2, 0) is 0 Å². The molecule has 0 fully saturated rings. The normalized spacial score (nSPS) is 11.4. The molecule has 0 bridgehead atoms. The van der Waals surface area contributed by atoms with Crippen LogP contribution in [0.1, 0.15) is 0 Å². The number of fused-ring (bicyclic) bond motifs is 5. The molecular formula is C28H19N. The van der Waals surface area contributed by atoms with E-state index < -0.39 is 0 Å². The van der Waals surface area contributed by atoms with Crippen molar-refractivity contribution in [3.05, 3.63) is 109 Å². The van der Waals surface area contributed by atoms with E-state index >= 15 is 0 Å². The molecule has 0 aliphatic carbocycles. The van der Waals surface area contributed by atoms with Crippen LogP contribution in [-0.4, -0.2) is 0 Å². The molecule has 1 nitrogen and oxygen atoms in total. The van der Waals surface area contributed by atoms with Gasteiger partial charge in [0.15, 0.2) is 0 Å². The van der Waals surface area contributed by atoms with Crippen molar-refractivity contribution in [2.24, 2.45) is 0 Å². The van der Waals surface area contributed by atoms with Gasteiger partial charge in [-0.1, -0.05) is 72.8 Å². The van der Waals surface area contributed by atoms with Crippen LogP contribution in [0, 0.1) is 0 Å². The summed E-state index contributed by atoms with van der Waals surface area (Å²) in [6.07, 6.45) is 0. The predicted octanol–water partition coefficient (Wildman–Crippen LogP) is 8.04. The van der Waals surface area contributed by atoms with Crippen molar-refractivity contribution in [2.75, 3.05) is 5.32 Å². The first-order valence-electron chi connectivity index (χ1n) is 9.95. The van der Waals surface area contributed by atoms with Gasteiger partial charge in [-0.2, -0.15) is 0 Å². The van der Waals surface area contributed by atoms with Crippen molar-refractivity contribution < 1.29 is 0 Å². The molecule has 0 unspecified atom stereocenters. The Kier molecular flexibility index (Phi) is 3.54. The van der Waals surface area contributed by atoms with Crippen LogP contribution in [0.5, 0.6) is 0 Å². The molecule has 6 aromatic carbocycles. The molecule has 0 aliphatic rings. The Morgan fingerprint density at radius 1 is 0.345 bits per heavy atom. The molecule has 0 amide bonds. The van der Waals surface area contributed by atoms with E-state index in [1.54, 1.807) is 0 Å². The van der Waals surface area contributed by atoms with Gasteiger partial charge in [-0.15, -0.1) is 0 Å². The van der Waals surface area contributed by atoms with E-state index in [0.29, 0.717) is 0 Å². The third kappa shape index (κ3) is 2.79. The highest BCUT2D eigenvalue weighted by molar-refractivity contribution is 6.08. The lowest BCUT2D eigenvalue weighted by atomic mass is 10.0. The fourth-order valence-electron chi connectivity index (χ4n) is 4.28. The Hall–Kier alpha value is -3.84. The molecule has 0 saturated heterocycles. The van der Waals surface area contributed by atoms with Crippen molar-refractivity contribution in [1.82, 2.24) is 0 Å². The zero-order valence-electron chi connectivity index (χ0n) is 15.9. The molecular weight excluding hydrogens is 350 g/mol. The fraction of sp³-hybridized carbons (Fsp3) is 0. The average molecular weight is 369 g/mol. The molecule has 6 rings (SSSR count). The lowest BCUT2D eigenvalue weighted by Gasteiger charge is -2.11. The van der Waals surface area contributed by atoms with Crippen molar-refractivity contribution in [2.45, 2.75) is 0 Å². The molecule has 29 heavy (non-hydrogen) atoms. The molecule has 136 valence electrons. The maximum absolute atomic E-state index is 3.58. The zero-order chi connectivity index (χ0) is 19.2. The van der Waals surface area contributed by atoms with Crippen molar-refractivity contribution in [3.8, 4) is 0 Å². The second kappa shape index (κ2) is 6.35. The lowest BCUT2D eigenvalue weighted by Crippen LogP contribution is -1.90. The molecule has 0 radical (unpaired) electrons. The Balaban J connectivity index is 1.41. The molecule has 1 N–H and O–H groups in total. The summed E-state index contributed by atoms with van der Waals surface area (Å²) in [7, 11) is 0. The summed E-state index contributed by atoms with van der Waals surface area (Å²) >= 11 is 0. The SMILES string of the molecule is c1ccc2cc3cc(Nc4ccc5c(ccc6ccccc65)c4)ccc3cc2c1. The molecule has 0 aromatic heterocycles. The van der Waals surface area contributed by atoms with Crippen LogP contribution in [0.4, 0.5) is 11.4 Å². The highest BCUT2D eigenvalue weighted by Gasteiger charge is 2.04. The van der Waals surface area contributed by atoms with Gasteiger partial charge in [0.25, 0.3) is 0 Å².